The van der Waals surface area contributed by atoms with Gasteiger partial charge in [-0.15, -0.1) is 11.3 Å². The molecule has 2 rings (SSSR count). The number of nitrogens with one attached hydrogen (secondary N) is 4. The summed E-state index contributed by atoms with van der Waals surface area (Å²) in [4.78, 5) is 1.13. The Kier molecular flexibility index (Phi) is 2.05. The molecule has 0 amide bonds. The molecule has 4 N–H and O–H groups in total. The lowest BCUT2D eigenvalue weighted by Crippen LogP contribution is -2.43. The van der Waals surface area contributed by atoms with Gasteiger partial charge in [0.15, 0.2) is 0 Å². The summed E-state index contributed by atoms with van der Waals surface area (Å²) in [7, 11) is 0. The van der Waals surface area contributed by atoms with E-state index in [9.17, 15) is 0 Å². The normalized spacial score (nSPS) is 27.1. The van der Waals surface area contributed by atoms with Crippen LogP contribution in [-0.4, -0.2) is 5.96 Å². The number of halogens is 1. The van der Waals surface area contributed by atoms with Crippen LogP contribution in [0, 0.1) is 5.41 Å². The standard InChI is InChI=1S/C7H9BrN4S/c1-7(10-6(9)11-12-7)5-2-4(8)3-13-5/h2-3,12H,1H3,(H3,9,10,11). The van der Waals surface area contributed by atoms with Crippen LogP contribution in [0.3, 0.4) is 0 Å². The molecule has 0 spiro atoms. The molecular weight excluding hydrogens is 252 g/mol. The first-order valence-electron chi connectivity index (χ1n) is 3.74. The van der Waals surface area contributed by atoms with E-state index >= 15 is 0 Å². The molecule has 2 heterocycles. The third-order valence-electron chi connectivity index (χ3n) is 1.87. The average molecular weight is 261 g/mol. The Labute approximate surface area is 88.3 Å². The number of rotatable bonds is 1. The van der Waals surface area contributed by atoms with Gasteiger partial charge in [-0.3, -0.25) is 10.8 Å². The SMILES string of the molecule is CC1(c2cc(Br)cs2)NNC(=N)N1. The number of thiophene rings is 1. The molecule has 1 aliphatic rings. The van der Waals surface area contributed by atoms with Gasteiger partial charge in [0.25, 0.3) is 0 Å². The van der Waals surface area contributed by atoms with Crippen LogP contribution in [0.4, 0.5) is 0 Å². The van der Waals surface area contributed by atoms with E-state index in [1.807, 2.05) is 18.4 Å². The molecule has 0 saturated carbocycles. The second-order valence-electron chi connectivity index (χ2n) is 3.00. The largest absolute Gasteiger partial charge is 0.332 e. The monoisotopic (exact) mass is 260 g/mol. The highest BCUT2D eigenvalue weighted by Gasteiger charge is 2.33. The molecular formula is C7H9BrN4S. The van der Waals surface area contributed by atoms with Crippen LogP contribution in [0.5, 0.6) is 0 Å². The van der Waals surface area contributed by atoms with Crippen molar-refractivity contribution in [3.05, 3.63) is 20.8 Å². The van der Waals surface area contributed by atoms with E-state index in [-0.39, 0.29) is 5.66 Å². The fourth-order valence-corrected chi connectivity index (χ4v) is 2.70. The Morgan fingerprint density at radius 3 is 2.85 bits per heavy atom. The summed E-state index contributed by atoms with van der Waals surface area (Å²) in [6.45, 7) is 1.99. The fourth-order valence-electron chi connectivity index (χ4n) is 1.20. The second-order valence-corrected chi connectivity index (χ2v) is 4.83. The van der Waals surface area contributed by atoms with Gasteiger partial charge < -0.3 is 5.32 Å². The summed E-state index contributed by atoms with van der Waals surface area (Å²) in [5.74, 6) is 0.298. The molecule has 1 atom stereocenters. The molecule has 1 aromatic rings. The average Bonchev–Trinajstić information content (AvgIpc) is 2.60. The summed E-state index contributed by atoms with van der Waals surface area (Å²) in [5.41, 5.74) is 5.38. The number of hydrazine groups is 1. The van der Waals surface area contributed by atoms with Crippen LogP contribution in [-0.2, 0) is 5.66 Å². The lowest BCUT2D eigenvalue weighted by atomic mass is 10.2. The molecule has 6 heteroatoms. The summed E-state index contributed by atoms with van der Waals surface area (Å²) < 4.78 is 1.07. The van der Waals surface area contributed by atoms with Crippen molar-refractivity contribution in [3.63, 3.8) is 0 Å². The van der Waals surface area contributed by atoms with Crippen LogP contribution in [0.2, 0.25) is 0 Å². The van der Waals surface area contributed by atoms with E-state index in [1.165, 1.54) is 0 Å². The van der Waals surface area contributed by atoms with Crippen molar-refractivity contribution in [1.82, 2.24) is 16.2 Å². The zero-order valence-electron chi connectivity index (χ0n) is 6.94. The highest BCUT2D eigenvalue weighted by atomic mass is 79.9. The van der Waals surface area contributed by atoms with Gasteiger partial charge in [0.05, 0.1) is 0 Å². The van der Waals surface area contributed by atoms with Crippen LogP contribution in [0.1, 0.15) is 11.8 Å². The lowest BCUT2D eigenvalue weighted by molar-refractivity contribution is 0.379. The molecule has 4 nitrogen and oxygen atoms in total. The van der Waals surface area contributed by atoms with Gasteiger partial charge in [-0.2, -0.15) is 0 Å². The van der Waals surface area contributed by atoms with Crippen molar-refractivity contribution >= 4 is 33.2 Å². The maximum Gasteiger partial charge on any atom is 0.204 e. The first-order valence-corrected chi connectivity index (χ1v) is 5.42. The Morgan fingerprint density at radius 1 is 1.62 bits per heavy atom. The van der Waals surface area contributed by atoms with E-state index in [0.717, 1.165) is 9.35 Å². The van der Waals surface area contributed by atoms with Crippen LogP contribution < -0.4 is 16.2 Å². The minimum absolute atomic E-state index is 0.298. The third-order valence-corrected chi connectivity index (χ3v) is 3.79. The third kappa shape index (κ3) is 1.56. The van der Waals surface area contributed by atoms with E-state index in [0.29, 0.717) is 5.96 Å². The van der Waals surface area contributed by atoms with Gasteiger partial charge >= 0.3 is 0 Å². The zero-order chi connectivity index (χ0) is 9.47. The van der Waals surface area contributed by atoms with Gasteiger partial charge in [-0.1, -0.05) is 0 Å². The highest BCUT2D eigenvalue weighted by molar-refractivity contribution is 9.10. The molecule has 0 aliphatic carbocycles. The Balaban J connectivity index is 2.30. The molecule has 0 bridgehead atoms. The summed E-state index contributed by atoms with van der Waals surface area (Å²) >= 11 is 5.04. The minimum atomic E-state index is -0.367. The lowest BCUT2D eigenvalue weighted by Gasteiger charge is -2.21. The topological polar surface area (TPSA) is 59.9 Å². The maximum atomic E-state index is 7.37. The molecule has 1 saturated heterocycles. The number of hydrogen-bond donors (Lipinski definition) is 4. The number of guanidine groups is 1. The molecule has 1 aliphatic heterocycles. The van der Waals surface area contributed by atoms with Crippen molar-refractivity contribution in [1.29, 1.82) is 5.41 Å². The smallest absolute Gasteiger partial charge is 0.204 e. The van der Waals surface area contributed by atoms with Crippen molar-refractivity contribution in [3.8, 4) is 0 Å². The molecule has 0 radical (unpaired) electrons. The van der Waals surface area contributed by atoms with Gasteiger partial charge in [0.2, 0.25) is 5.96 Å². The van der Waals surface area contributed by atoms with Crippen LogP contribution >= 0.6 is 27.3 Å². The quantitative estimate of drug-likeness (QED) is 0.616. The Bertz CT molecular complexity index is 350. The number of hydrogen-bond acceptors (Lipinski definition) is 3. The van der Waals surface area contributed by atoms with Crippen molar-refractivity contribution in [2.24, 2.45) is 0 Å². The van der Waals surface area contributed by atoms with Crippen molar-refractivity contribution in [2.75, 3.05) is 0 Å². The molecule has 0 aromatic carbocycles. The second kappa shape index (κ2) is 2.97. The first kappa shape index (κ1) is 8.98. The zero-order valence-corrected chi connectivity index (χ0v) is 9.34. The molecule has 1 fully saturated rings. The van der Waals surface area contributed by atoms with Crippen LogP contribution in [0.25, 0.3) is 0 Å². The predicted octanol–water partition coefficient (Wildman–Crippen LogP) is 1.32. The van der Waals surface area contributed by atoms with E-state index in [4.69, 9.17) is 5.41 Å². The Hall–Kier alpha value is -0.590. The van der Waals surface area contributed by atoms with Gasteiger partial charge in [0, 0.05) is 14.7 Å². The highest BCUT2D eigenvalue weighted by Crippen LogP contribution is 2.28. The molecule has 70 valence electrons. The van der Waals surface area contributed by atoms with Crippen molar-refractivity contribution in [2.45, 2.75) is 12.6 Å². The summed E-state index contributed by atoms with van der Waals surface area (Å²) in [6, 6.07) is 2.03. The van der Waals surface area contributed by atoms with Gasteiger partial charge in [0.1, 0.15) is 5.66 Å². The molecule has 1 aromatic heterocycles. The predicted molar refractivity (Wildman–Crippen MR) is 56.5 cm³/mol. The van der Waals surface area contributed by atoms with Gasteiger partial charge in [-0.25, -0.2) is 5.43 Å². The Morgan fingerprint density at radius 2 is 2.38 bits per heavy atom. The molecule has 1 unspecified atom stereocenters. The van der Waals surface area contributed by atoms with E-state index < -0.39 is 0 Å². The maximum absolute atomic E-state index is 7.37. The van der Waals surface area contributed by atoms with Crippen molar-refractivity contribution < 1.29 is 0 Å². The fraction of sp³-hybridized carbons (Fsp3) is 0.286. The molecule has 13 heavy (non-hydrogen) atoms. The summed E-state index contributed by atoms with van der Waals surface area (Å²) in [6.07, 6.45) is 0. The van der Waals surface area contributed by atoms with E-state index in [2.05, 4.69) is 32.1 Å². The van der Waals surface area contributed by atoms with Crippen LogP contribution in [0.15, 0.2) is 15.9 Å². The van der Waals surface area contributed by atoms with E-state index in [1.54, 1.807) is 11.3 Å². The first-order chi connectivity index (χ1) is 6.10. The van der Waals surface area contributed by atoms with Gasteiger partial charge in [-0.05, 0) is 28.9 Å². The minimum Gasteiger partial charge on any atom is -0.332 e. The summed E-state index contributed by atoms with van der Waals surface area (Å²) in [5, 5.41) is 12.4.